The summed E-state index contributed by atoms with van der Waals surface area (Å²) in [4.78, 5) is 83.5. The molecule has 1 amide bonds. The molecule has 62 heavy (non-hydrogen) atoms. The van der Waals surface area contributed by atoms with Crippen molar-refractivity contribution in [3.05, 3.63) is 119 Å². The van der Waals surface area contributed by atoms with Crippen molar-refractivity contribution in [1.29, 1.82) is 0 Å². The highest BCUT2D eigenvalue weighted by Crippen LogP contribution is 2.64. The Morgan fingerprint density at radius 3 is 1.95 bits per heavy atom. The van der Waals surface area contributed by atoms with Gasteiger partial charge in [0.25, 0.3) is 5.91 Å². The van der Waals surface area contributed by atoms with Gasteiger partial charge in [0.15, 0.2) is 23.6 Å². The van der Waals surface area contributed by atoms with Crippen LogP contribution in [0.3, 0.4) is 0 Å². The molecular weight excluding hydrogens is 803 g/mol. The summed E-state index contributed by atoms with van der Waals surface area (Å²) in [5, 5.41) is 40.2. The Morgan fingerprint density at radius 1 is 0.823 bits per heavy atom. The van der Waals surface area contributed by atoms with Gasteiger partial charge in [0.1, 0.15) is 23.9 Å². The second-order valence-corrected chi connectivity index (χ2v) is 17.4. The van der Waals surface area contributed by atoms with E-state index in [4.69, 9.17) is 23.7 Å². The molecule has 3 aromatic carbocycles. The van der Waals surface area contributed by atoms with E-state index >= 15 is 4.79 Å². The first-order valence-corrected chi connectivity index (χ1v) is 20.5. The highest BCUT2D eigenvalue weighted by atomic mass is 16.6. The first kappa shape index (κ1) is 44.3. The van der Waals surface area contributed by atoms with Gasteiger partial charge in [-0.2, -0.15) is 0 Å². The van der Waals surface area contributed by atoms with Crippen molar-refractivity contribution in [3.8, 4) is 0 Å². The number of ketones is 1. The number of esters is 4. The number of nitrogens with one attached hydrogen (secondary N) is 1. The first-order valence-electron chi connectivity index (χ1n) is 20.5. The number of carbonyl (C=O) groups is 6. The van der Waals surface area contributed by atoms with E-state index in [1.54, 1.807) is 92.7 Å². The van der Waals surface area contributed by atoms with Gasteiger partial charge in [-0.05, 0) is 54.8 Å². The number of aliphatic hydroxyl groups excluding tert-OH is 2. The number of benzene rings is 3. The minimum absolute atomic E-state index is 0.00289. The molecular formula is C47H51NO14. The predicted molar refractivity (Wildman–Crippen MR) is 218 cm³/mol. The van der Waals surface area contributed by atoms with Crippen LogP contribution in [-0.2, 0) is 42.9 Å². The third-order valence-electron chi connectivity index (χ3n) is 13.5. The second-order valence-electron chi connectivity index (χ2n) is 17.4. The number of aliphatic hydroxyl groups is 3. The van der Waals surface area contributed by atoms with Gasteiger partial charge in [-0.25, -0.2) is 9.59 Å². The maximum absolute atomic E-state index is 15.5. The number of carbonyl (C=O) groups excluding carboxylic acids is 6. The van der Waals surface area contributed by atoms with Crippen LogP contribution in [0, 0.1) is 16.7 Å². The topological polar surface area (TPSA) is 221 Å². The minimum atomic E-state index is -2.39. The highest BCUT2D eigenvalue weighted by molar-refractivity contribution is 5.96. The van der Waals surface area contributed by atoms with Crippen LogP contribution in [0.15, 0.2) is 102 Å². The zero-order chi connectivity index (χ0) is 44.9. The quantitative estimate of drug-likeness (QED) is 0.130. The smallest absolute Gasteiger partial charge is 0.338 e. The molecule has 1 aliphatic heterocycles. The van der Waals surface area contributed by atoms with Gasteiger partial charge < -0.3 is 44.3 Å². The molecule has 7 rings (SSSR count). The van der Waals surface area contributed by atoms with E-state index in [0.29, 0.717) is 5.56 Å². The molecule has 328 valence electrons. The third kappa shape index (κ3) is 7.29. The monoisotopic (exact) mass is 853 g/mol. The number of hydrogen-bond donors (Lipinski definition) is 4. The van der Waals surface area contributed by atoms with Gasteiger partial charge in [0, 0.05) is 37.7 Å². The second kappa shape index (κ2) is 16.5. The Morgan fingerprint density at radius 2 is 1.40 bits per heavy atom. The average Bonchev–Trinajstić information content (AvgIpc) is 3.24. The van der Waals surface area contributed by atoms with Crippen molar-refractivity contribution in [2.24, 2.45) is 16.7 Å². The number of fused-ring (bicyclic) bond motifs is 5. The SMILES string of the molecule is CC(=O)O[C@@H]1C(=O)[C@]2(C)[C@H](O)C[C@H]3OC[C@]3(OC(C)=O)[C@@H]2[C@H](OC(=O)c2ccccc2)[C@@]2(O)C[C@H](OC(=O)[C@H](O)[C@@H](NC(=O)c3ccccc3)c3ccccc3)C(C)=C1C2(C)C. The summed E-state index contributed by atoms with van der Waals surface area (Å²) < 4.78 is 30.3. The van der Waals surface area contributed by atoms with Crippen molar-refractivity contribution >= 4 is 35.6 Å². The van der Waals surface area contributed by atoms with E-state index in [2.05, 4.69) is 5.32 Å². The molecule has 0 aromatic heterocycles. The zero-order valence-corrected chi connectivity index (χ0v) is 35.2. The van der Waals surface area contributed by atoms with Crippen LogP contribution in [0.5, 0.6) is 0 Å². The molecule has 0 spiro atoms. The van der Waals surface area contributed by atoms with Crippen molar-refractivity contribution < 1.29 is 67.8 Å². The average molecular weight is 854 g/mol. The predicted octanol–water partition coefficient (Wildman–Crippen LogP) is 3.74. The molecule has 0 unspecified atom stereocenters. The Labute approximate surface area is 358 Å². The van der Waals surface area contributed by atoms with E-state index in [0.717, 1.165) is 13.8 Å². The summed E-state index contributed by atoms with van der Waals surface area (Å²) in [5.74, 6) is -6.84. The summed E-state index contributed by atoms with van der Waals surface area (Å²) in [6.45, 7) is 7.97. The van der Waals surface area contributed by atoms with Gasteiger partial charge in [-0.15, -0.1) is 0 Å². The fraction of sp³-hybridized carbons (Fsp3) is 0.447. The lowest BCUT2D eigenvalue weighted by Crippen LogP contribution is -2.82. The number of hydrogen-bond acceptors (Lipinski definition) is 14. The van der Waals surface area contributed by atoms with Crippen LogP contribution < -0.4 is 5.32 Å². The lowest BCUT2D eigenvalue weighted by Gasteiger charge is -2.67. The number of amides is 1. The fourth-order valence-electron chi connectivity index (χ4n) is 10.2. The van der Waals surface area contributed by atoms with Gasteiger partial charge in [-0.1, -0.05) is 80.6 Å². The molecule has 3 fully saturated rings. The van der Waals surface area contributed by atoms with Gasteiger partial charge >= 0.3 is 23.9 Å². The van der Waals surface area contributed by atoms with E-state index in [1.807, 2.05) is 0 Å². The maximum atomic E-state index is 15.5. The van der Waals surface area contributed by atoms with Crippen molar-refractivity contribution in [3.63, 3.8) is 0 Å². The van der Waals surface area contributed by atoms with Crippen molar-refractivity contribution in [2.45, 2.75) is 108 Å². The molecule has 15 nitrogen and oxygen atoms in total. The molecule has 1 saturated heterocycles. The summed E-state index contributed by atoms with van der Waals surface area (Å²) in [7, 11) is 0. The normalized spacial score (nSPS) is 31.9. The number of ether oxygens (including phenoxy) is 5. The molecule has 1 heterocycles. The van der Waals surface area contributed by atoms with E-state index in [9.17, 15) is 39.3 Å². The lowest BCUT2D eigenvalue weighted by molar-refractivity contribution is -0.346. The summed E-state index contributed by atoms with van der Waals surface area (Å²) in [6.07, 6.45) is -10.5. The van der Waals surface area contributed by atoms with Gasteiger partial charge in [0.2, 0.25) is 0 Å². The standard InChI is InChI=1S/C47H51NO14/c1-25-31(60-43(56)36(52)35(28-16-10-7-11-17-28)48-41(54)29-18-12-8-13-19-29)23-47(57)40(61-42(55)30-20-14-9-15-21-30)38-45(6,32(51)22-33-46(38,24-58-33)62-27(3)50)39(53)37(59-26(2)49)34(25)44(47,4)5/h7-21,31-33,35-38,40,51-52,57H,22-24H2,1-6H3,(H,48,54)/t31-,32+,33+,35-,36+,37-,38+,40-,45+,46+,47-/m0/s1. The summed E-state index contributed by atoms with van der Waals surface area (Å²) in [6, 6.07) is 22.9. The maximum Gasteiger partial charge on any atom is 0.338 e. The van der Waals surface area contributed by atoms with Crippen LogP contribution in [0.2, 0.25) is 0 Å². The van der Waals surface area contributed by atoms with Crippen LogP contribution in [0.1, 0.15) is 86.7 Å². The molecule has 0 radical (unpaired) electrons. The Bertz CT molecular complexity index is 2280. The summed E-state index contributed by atoms with van der Waals surface area (Å²) >= 11 is 0. The number of Topliss-reactive ketones (excluding diaryl/α,β-unsaturated/α-hetero) is 1. The molecule has 3 aliphatic carbocycles. The first-order chi connectivity index (χ1) is 29.3. The third-order valence-corrected chi connectivity index (χ3v) is 13.5. The molecule has 2 bridgehead atoms. The van der Waals surface area contributed by atoms with Crippen molar-refractivity contribution in [2.75, 3.05) is 6.61 Å². The molecule has 4 aliphatic rings. The highest BCUT2D eigenvalue weighted by Gasteiger charge is 2.78. The van der Waals surface area contributed by atoms with Crippen LogP contribution in [0.4, 0.5) is 0 Å². The largest absolute Gasteiger partial charge is 0.456 e. The van der Waals surface area contributed by atoms with Crippen LogP contribution in [0.25, 0.3) is 0 Å². The molecule has 3 aromatic rings. The molecule has 2 saturated carbocycles. The zero-order valence-electron chi connectivity index (χ0n) is 35.2. The van der Waals surface area contributed by atoms with Crippen LogP contribution >= 0.6 is 0 Å². The Kier molecular flexibility index (Phi) is 11.8. The van der Waals surface area contributed by atoms with E-state index < -0.39 is 113 Å². The lowest BCUT2D eigenvalue weighted by atomic mass is 9.44. The molecule has 11 atom stereocenters. The minimum Gasteiger partial charge on any atom is -0.456 e. The Balaban J connectivity index is 1.39. The van der Waals surface area contributed by atoms with Crippen LogP contribution in [-0.4, -0.2) is 105 Å². The van der Waals surface area contributed by atoms with Crippen molar-refractivity contribution in [1.82, 2.24) is 5.32 Å². The van der Waals surface area contributed by atoms with E-state index in [-0.39, 0.29) is 35.3 Å². The number of rotatable bonds is 10. The van der Waals surface area contributed by atoms with E-state index in [1.165, 1.54) is 26.0 Å². The molecule has 4 N–H and O–H groups in total. The Hall–Kier alpha value is -5.74. The van der Waals surface area contributed by atoms with Gasteiger partial charge in [0.05, 0.1) is 35.6 Å². The van der Waals surface area contributed by atoms with Gasteiger partial charge in [-0.3, -0.25) is 19.2 Å². The summed E-state index contributed by atoms with van der Waals surface area (Å²) in [5.41, 5.74) is -7.02. The fourth-order valence-corrected chi connectivity index (χ4v) is 10.2. The molecule has 15 heteroatoms.